The number of aliphatic hydroxyl groups is 4. The van der Waals surface area contributed by atoms with Crippen LogP contribution in [0.25, 0.3) is 0 Å². The minimum Gasteiger partial charge on any atom is -0.516 e. The van der Waals surface area contributed by atoms with Gasteiger partial charge in [0.05, 0.1) is 38.4 Å². The van der Waals surface area contributed by atoms with Gasteiger partial charge in [-0.1, -0.05) is 78.3 Å². The van der Waals surface area contributed by atoms with E-state index in [2.05, 4.69) is 32.9 Å². The van der Waals surface area contributed by atoms with Crippen molar-refractivity contribution in [2.45, 2.75) is 141 Å². The lowest BCUT2D eigenvalue weighted by Gasteiger charge is -2.10. The third-order valence-corrected chi connectivity index (χ3v) is 4.49. The van der Waals surface area contributed by atoms with Crippen molar-refractivity contribution in [2.24, 2.45) is 5.92 Å². The van der Waals surface area contributed by atoms with Gasteiger partial charge in [0.15, 0.2) is 12.6 Å². The third kappa shape index (κ3) is 72.5. The Morgan fingerprint density at radius 3 is 1.61 bits per heavy atom. The smallest absolute Gasteiger partial charge is 0.154 e. The van der Waals surface area contributed by atoms with Crippen LogP contribution >= 0.6 is 0 Å². The average Bonchev–Trinajstić information content (AvgIpc) is 3.02. The van der Waals surface area contributed by atoms with Crippen LogP contribution in [0, 0.1) is 5.92 Å². The van der Waals surface area contributed by atoms with Crippen molar-refractivity contribution < 1.29 is 39.4 Å². The molecular weight excluding hydrogens is 560 g/mol. The van der Waals surface area contributed by atoms with E-state index < -0.39 is 12.6 Å². The maximum Gasteiger partial charge on any atom is 0.154 e. The first kappa shape index (κ1) is 54.8. The van der Waals surface area contributed by atoms with Crippen molar-refractivity contribution in [3.63, 3.8) is 0 Å². The predicted octanol–water partition coefficient (Wildman–Crippen LogP) is 9.83. The summed E-state index contributed by atoms with van der Waals surface area (Å²) in [6.07, 6.45) is 14.7. The summed E-state index contributed by atoms with van der Waals surface area (Å²) in [6.45, 7) is 26.6. The lowest BCUT2D eigenvalue weighted by atomic mass is 10.1. The molecule has 44 heavy (non-hydrogen) atoms. The molecule has 0 heterocycles. The van der Waals surface area contributed by atoms with Gasteiger partial charge in [0.1, 0.15) is 0 Å². The van der Waals surface area contributed by atoms with Crippen LogP contribution in [0.15, 0.2) is 48.0 Å². The normalized spacial score (nSPS) is 12.4. The van der Waals surface area contributed by atoms with E-state index in [-0.39, 0.29) is 0 Å². The molecule has 0 rings (SSSR count). The van der Waals surface area contributed by atoms with E-state index in [9.17, 15) is 15.3 Å². The molecule has 8 heteroatoms. The zero-order valence-electron chi connectivity index (χ0n) is 31.1. The SMILES string of the molecule is C/C=C(/O)C/C(C)=C\CCC[C@H](O)OCCOC.C/C=C/CCC[C@H](O)OCCOCC.C/C=C/O.CC.CC.CC(C)C. The van der Waals surface area contributed by atoms with E-state index >= 15 is 0 Å². The van der Waals surface area contributed by atoms with Gasteiger partial charge in [-0.05, 0) is 85.1 Å². The standard InChI is InChI=1S/C14H26O4.C11H22O3.C4H10.C3H6O.2C2H6/c1-4-13(15)11-12(2)7-5-6-8-14(16)18-10-9-17-3;1-3-5-6-7-8-11(12)14-10-9-13-4-2;1-4(2)3;1-2-3-4;2*1-2/h4,7,14-16H,5-6,8-11H2,1-3H3;3,5,11-12H,4,6-10H2,1-2H3;4H,1-3H3;2-4H,1H3;2*1-2H3/b12-7-,13-4+;5-3+;;3-2+;;/t14-;11-;;;;/m11..../s1. The molecular formula is C36H76O8. The molecule has 2 atom stereocenters. The van der Waals surface area contributed by atoms with Gasteiger partial charge in [-0.3, -0.25) is 0 Å². The molecule has 0 amide bonds. The Balaban J connectivity index is -0.000000122. The monoisotopic (exact) mass is 637 g/mol. The van der Waals surface area contributed by atoms with Crippen molar-refractivity contribution in [2.75, 3.05) is 40.1 Å². The molecule has 268 valence electrons. The largest absolute Gasteiger partial charge is 0.516 e. The van der Waals surface area contributed by atoms with E-state index in [1.54, 1.807) is 26.2 Å². The maximum atomic E-state index is 9.48. The highest BCUT2D eigenvalue weighted by atomic mass is 16.6. The maximum absolute atomic E-state index is 9.48. The van der Waals surface area contributed by atoms with E-state index in [1.807, 2.05) is 61.5 Å². The average molecular weight is 637 g/mol. The highest BCUT2D eigenvalue weighted by Gasteiger charge is 2.03. The second-order valence-electron chi connectivity index (χ2n) is 9.49. The van der Waals surface area contributed by atoms with Crippen molar-refractivity contribution >= 4 is 0 Å². The Kier molecular flexibility index (Phi) is 67.0. The zero-order chi connectivity index (χ0) is 35.4. The number of ether oxygens (including phenoxy) is 4. The van der Waals surface area contributed by atoms with Gasteiger partial charge in [0.25, 0.3) is 0 Å². The number of unbranched alkanes of at least 4 members (excludes halogenated alkanes) is 2. The Labute approximate surface area is 273 Å². The van der Waals surface area contributed by atoms with Crippen LogP contribution in [-0.4, -0.2) is 73.2 Å². The van der Waals surface area contributed by atoms with Gasteiger partial charge < -0.3 is 39.4 Å². The first-order chi connectivity index (χ1) is 21.1. The number of hydrogen-bond donors (Lipinski definition) is 4. The van der Waals surface area contributed by atoms with E-state index in [0.717, 1.165) is 43.4 Å². The molecule has 0 aliphatic rings. The minimum absolute atomic E-state index is 0.395. The number of rotatable bonds is 19. The van der Waals surface area contributed by atoms with Gasteiger partial charge in [0.2, 0.25) is 0 Å². The summed E-state index contributed by atoms with van der Waals surface area (Å²) in [6, 6.07) is 0. The van der Waals surface area contributed by atoms with E-state index in [4.69, 9.17) is 24.1 Å². The first-order valence-corrected chi connectivity index (χ1v) is 16.6. The molecule has 0 saturated carbocycles. The lowest BCUT2D eigenvalue weighted by Crippen LogP contribution is -2.15. The second kappa shape index (κ2) is 53.8. The third-order valence-electron chi connectivity index (χ3n) is 4.49. The molecule has 0 aromatic carbocycles. The number of hydrogen-bond acceptors (Lipinski definition) is 8. The number of allylic oxidation sites excluding steroid dienone is 6. The lowest BCUT2D eigenvalue weighted by molar-refractivity contribution is -0.115. The molecule has 0 saturated heterocycles. The van der Waals surface area contributed by atoms with Crippen molar-refractivity contribution in [3.8, 4) is 0 Å². The molecule has 0 fully saturated rings. The van der Waals surface area contributed by atoms with Crippen molar-refractivity contribution in [1.29, 1.82) is 0 Å². The summed E-state index contributed by atoms with van der Waals surface area (Å²) >= 11 is 0. The summed E-state index contributed by atoms with van der Waals surface area (Å²) in [5.41, 5.74) is 1.14. The van der Waals surface area contributed by atoms with Crippen LogP contribution in [0.2, 0.25) is 0 Å². The number of aliphatic hydroxyl groups excluding tert-OH is 4. The fourth-order valence-electron chi connectivity index (χ4n) is 2.50. The highest BCUT2D eigenvalue weighted by molar-refractivity contribution is 5.07. The van der Waals surface area contributed by atoms with Gasteiger partial charge in [-0.15, -0.1) is 0 Å². The van der Waals surface area contributed by atoms with E-state index in [1.165, 1.54) is 0 Å². The van der Waals surface area contributed by atoms with Crippen LogP contribution in [-0.2, 0) is 18.9 Å². The molecule has 4 N–H and O–H groups in total. The zero-order valence-corrected chi connectivity index (χ0v) is 31.1. The molecule has 0 radical (unpaired) electrons. The summed E-state index contributed by atoms with van der Waals surface area (Å²) in [7, 11) is 1.60. The molecule has 8 nitrogen and oxygen atoms in total. The van der Waals surface area contributed by atoms with Crippen LogP contribution in [0.5, 0.6) is 0 Å². The topological polar surface area (TPSA) is 118 Å². The Morgan fingerprint density at radius 2 is 1.23 bits per heavy atom. The Bertz CT molecular complexity index is 580. The van der Waals surface area contributed by atoms with Crippen molar-refractivity contribution in [3.05, 3.63) is 48.0 Å². The fraction of sp³-hybridized carbons (Fsp3) is 0.778. The van der Waals surface area contributed by atoms with Crippen LogP contribution in [0.3, 0.4) is 0 Å². The second-order valence-corrected chi connectivity index (χ2v) is 9.49. The fourth-order valence-corrected chi connectivity index (χ4v) is 2.50. The number of methoxy groups -OCH3 is 1. The van der Waals surface area contributed by atoms with Gasteiger partial charge in [0, 0.05) is 20.1 Å². The van der Waals surface area contributed by atoms with Crippen LogP contribution in [0.1, 0.15) is 128 Å². The summed E-state index contributed by atoms with van der Waals surface area (Å²) < 4.78 is 20.2. The molecule has 0 aliphatic heterocycles. The minimum atomic E-state index is -0.710. The van der Waals surface area contributed by atoms with Crippen LogP contribution in [0.4, 0.5) is 0 Å². The van der Waals surface area contributed by atoms with Crippen molar-refractivity contribution in [1.82, 2.24) is 0 Å². The Morgan fingerprint density at radius 1 is 0.773 bits per heavy atom. The molecule has 0 aromatic heterocycles. The highest BCUT2D eigenvalue weighted by Crippen LogP contribution is 2.11. The molecule has 0 aromatic rings. The molecule has 0 spiro atoms. The molecule has 0 bridgehead atoms. The Hall–Kier alpha value is -1.68. The summed E-state index contributed by atoms with van der Waals surface area (Å²) in [4.78, 5) is 0. The van der Waals surface area contributed by atoms with Crippen LogP contribution < -0.4 is 0 Å². The first-order valence-electron chi connectivity index (χ1n) is 16.6. The predicted molar refractivity (Wildman–Crippen MR) is 190 cm³/mol. The van der Waals surface area contributed by atoms with Gasteiger partial charge in [-0.25, -0.2) is 0 Å². The summed E-state index contributed by atoms with van der Waals surface area (Å²) in [5.74, 6) is 1.23. The van der Waals surface area contributed by atoms with Gasteiger partial charge in [-0.2, -0.15) is 0 Å². The van der Waals surface area contributed by atoms with Gasteiger partial charge >= 0.3 is 0 Å². The molecule has 0 unspecified atom stereocenters. The van der Waals surface area contributed by atoms with E-state index in [0.29, 0.717) is 58.1 Å². The molecule has 0 aliphatic carbocycles. The quantitative estimate of drug-likeness (QED) is 0.0479. The summed E-state index contributed by atoms with van der Waals surface area (Å²) in [5, 5.41) is 35.9.